The molecule has 0 aliphatic carbocycles. The third kappa shape index (κ3) is 6.32. The Labute approximate surface area is 195 Å². The first kappa shape index (κ1) is 24.3. The third-order valence-corrected chi connectivity index (χ3v) is 5.61. The lowest BCUT2D eigenvalue weighted by Gasteiger charge is -2.07. The van der Waals surface area contributed by atoms with Crippen LogP contribution in [0.1, 0.15) is 37.8 Å². The normalized spacial score (nSPS) is 15.8. The minimum absolute atomic E-state index is 0.0982. The number of aliphatic imine (C=N–C) groups is 1. The van der Waals surface area contributed by atoms with Crippen molar-refractivity contribution < 1.29 is 28.6 Å². The van der Waals surface area contributed by atoms with Gasteiger partial charge >= 0.3 is 5.97 Å². The molecule has 33 heavy (non-hydrogen) atoms. The summed E-state index contributed by atoms with van der Waals surface area (Å²) in [6.07, 6.45) is 2.54. The lowest BCUT2D eigenvalue weighted by atomic mass is 10.1. The van der Waals surface area contributed by atoms with E-state index >= 15 is 0 Å². The summed E-state index contributed by atoms with van der Waals surface area (Å²) < 4.78 is 24.4. The molecule has 2 aromatic carbocycles. The number of thioether (sulfide) groups is 1. The van der Waals surface area contributed by atoms with Crippen LogP contribution in [0.2, 0.25) is 0 Å². The summed E-state index contributed by atoms with van der Waals surface area (Å²) in [6.45, 7) is 3.74. The smallest absolute Gasteiger partial charge is 0.344 e. The quantitative estimate of drug-likeness (QED) is 0.507. The third-order valence-electron chi connectivity index (χ3n) is 4.59. The van der Waals surface area contributed by atoms with E-state index in [9.17, 15) is 19.1 Å². The summed E-state index contributed by atoms with van der Waals surface area (Å²) >= 11 is 1.04. The number of carbonyl (C=O) groups is 2. The summed E-state index contributed by atoms with van der Waals surface area (Å²) in [5.74, 6) is -1.15. The van der Waals surface area contributed by atoms with E-state index in [1.54, 1.807) is 55.5 Å². The van der Waals surface area contributed by atoms with Gasteiger partial charge in [0.25, 0.3) is 0 Å². The second-order valence-corrected chi connectivity index (χ2v) is 8.10. The van der Waals surface area contributed by atoms with E-state index in [4.69, 9.17) is 9.47 Å². The highest BCUT2D eigenvalue weighted by atomic mass is 32.2. The van der Waals surface area contributed by atoms with Crippen LogP contribution in [0.4, 0.5) is 4.39 Å². The fraction of sp³-hybridized carbons (Fsp3) is 0.240. The number of halogens is 1. The van der Waals surface area contributed by atoms with E-state index in [0.29, 0.717) is 22.6 Å². The van der Waals surface area contributed by atoms with Crippen molar-refractivity contribution in [3.05, 3.63) is 81.7 Å². The van der Waals surface area contributed by atoms with E-state index < -0.39 is 5.97 Å². The van der Waals surface area contributed by atoms with Crippen LogP contribution >= 0.6 is 11.8 Å². The van der Waals surface area contributed by atoms with E-state index in [1.807, 2.05) is 6.92 Å². The van der Waals surface area contributed by atoms with Gasteiger partial charge in [-0.05, 0) is 43.2 Å². The first-order valence-corrected chi connectivity index (χ1v) is 11.3. The molecule has 2 aromatic rings. The number of aliphatic hydroxyl groups excluding tert-OH is 1. The molecule has 0 saturated carbocycles. The molecular weight excluding hydrogens is 445 g/mol. The Hall–Kier alpha value is -3.39. The maximum Gasteiger partial charge on any atom is 0.344 e. The van der Waals surface area contributed by atoms with Gasteiger partial charge in [-0.25, -0.2) is 14.2 Å². The molecule has 0 aromatic heterocycles. The predicted octanol–water partition coefficient (Wildman–Crippen LogP) is 5.59. The molecule has 0 radical (unpaired) electrons. The van der Waals surface area contributed by atoms with Crippen LogP contribution in [0.3, 0.4) is 0 Å². The van der Waals surface area contributed by atoms with Crippen LogP contribution in [0.25, 0.3) is 6.08 Å². The zero-order chi connectivity index (χ0) is 23.8. The number of aliphatic hydroxyl groups is 1. The highest BCUT2D eigenvalue weighted by Crippen LogP contribution is 2.39. The molecule has 0 atom stereocenters. The first-order chi connectivity index (χ1) is 15.9. The first-order valence-electron chi connectivity index (χ1n) is 10.5. The van der Waals surface area contributed by atoms with Crippen molar-refractivity contribution in [3.63, 3.8) is 0 Å². The van der Waals surface area contributed by atoms with E-state index in [2.05, 4.69) is 4.99 Å². The highest BCUT2D eigenvalue weighted by Gasteiger charge is 2.33. The molecule has 3 rings (SSSR count). The number of esters is 1. The Morgan fingerprint density at radius 2 is 1.85 bits per heavy atom. The van der Waals surface area contributed by atoms with E-state index in [-0.39, 0.29) is 47.7 Å². The van der Waals surface area contributed by atoms with Gasteiger partial charge in [-0.15, -0.1) is 0 Å². The van der Waals surface area contributed by atoms with Gasteiger partial charge < -0.3 is 14.6 Å². The van der Waals surface area contributed by atoms with Gasteiger partial charge in [-0.1, -0.05) is 49.0 Å². The Kier molecular flexibility index (Phi) is 8.43. The largest absolute Gasteiger partial charge is 0.506 e. The van der Waals surface area contributed by atoms with Crippen LogP contribution in [0.15, 0.2) is 69.8 Å². The minimum atomic E-state index is -0.731. The summed E-state index contributed by atoms with van der Waals surface area (Å²) in [4.78, 5) is 28.7. The number of amides is 1. The van der Waals surface area contributed by atoms with Crippen molar-refractivity contribution in [2.45, 2.75) is 33.3 Å². The fourth-order valence-electron chi connectivity index (χ4n) is 2.96. The standard InChI is InChI=1S/C25H24FNO5S/c1-3-7-21(28)27-24-22(25(30)31-4-2)23(29)20(33-24)14-16-10-12-18(13-11-16)32-15-17-8-5-6-9-19(17)26/h5-6,8-14,29H,3-4,7,15H2,1-2H3/b20-14-,27-24?. The van der Waals surface area contributed by atoms with Crippen molar-refractivity contribution in [2.75, 3.05) is 6.61 Å². The zero-order valence-corrected chi connectivity index (χ0v) is 19.2. The van der Waals surface area contributed by atoms with Gasteiger partial charge in [-0.2, -0.15) is 0 Å². The van der Waals surface area contributed by atoms with Crippen LogP contribution in [-0.4, -0.2) is 28.6 Å². The number of benzene rings is 2. The molecule has 6 nitrogen and oxygen atoms in total. The second kappa shape index (κ2) is 11.5. The number of hydrogen-bond acceptors (Lipinski definition) is 6. The molecule has 8 heteroatoms. The maximum atomic E-state index is 13.7. The monoisotopic (exact) mass is 469 g/mol. The molecular formula is C25H24FNO5S. The van der Waals surface area contributed by atoms with Crippen molar-refractivity contribution in [2.24, 2.45) is 4.99 Å². The molecule has 172 valence electrons. The van der Waals surface area contributed by atoms with Crippen molar-refractivity contribution in [1.82, 2.24) is 0 Å². The second-order valence-electron chi connectivity index (χ2n) is 7.06. The van der Waals surface area contributed by atoms with Crippen LogP contribution in [0, 0.1) is 5.82 Å². The fourth-order valence-corrected chi connectivity index (χ4v) is 3.99. The number of ether oxygens (including phenoxy) is 2. The topological polar surface area (TPSA) is 85.2 Å². The SMILES string of the molecule is CCCC(=O)N=C1S/C(=C\c2ccc(OCc3ccccc3F)cc2)C(O)=C1C(=O)OCC. The van der Waals surface area contributed by atoms with Crippen LogP contribution < -0.4 is 4.74 Å². The van der Waals surface area contributed by atoms with Gasteiger partial charge in [-0.3, -0.25) is 4.79 Å². The lowest BCUT2D eigenvalue weighted by Crippen LogP contribution is -2.14. The van der Waals surface area contributed by atoms with Crippen molar-refractivity contribution in [3.8, 4) is 5.75 Å². The Morgan fingerprint density at radius 1 is 1.12 bits per heavy atom. The number of carbonyl (C=O) groups excluding carboxylic acids is 2. The average Bonchev–Trinajstić information content (AvgIpc) is 3.09. The molecule has 1 aliphatic rings. The molecule has 1 N–H and O–H groups in total. The van der Waals surface area contributed by atoms with E-state index in [0.717, 1.165) is 17.3 Å². The Morgan fingerprint density at radius 3 is 2.52 bits per heavy atom. The average molecular weight is 470 g/mol. The lowest BCUT2D eigenvalue weighted by molar-refractivity contribution is -0.138. The van der Waals surface area contributed by atoms with Crippen molar-refractivity contribution >= 4 is 34.8 Å². The van der Waals surface area contributed by atoms with Gasteiger partial charge in [0.1, 0.15) is 34.5 Å². The summed E-state index contributed by atoms with van der Waals surface area (Å²) in [6, 6.07) is 13.4. The Balaban J connectivity index is 1.79. The zero-order valence-electron chi connectivity index (χ0n) is 18.3. The molecule has 0 spiro atoms. The molecule has 1 heterocycles. The number of nitrogens with zero attached hydrogens (tertiary/aromatic N) is 1. The molecule has 0 fully saturated rings. The van der Waals surface area contributed by atoms with Crippen LogP contribution in [-0.2, 0) is 20.9 Å². The summed E-state index contributed by atoms with van der Waals surface area (Å²) in [7, 11) is 0. The van der Waals surface area contributed by atoms with Crippen molar-refractivity contribution in [1.29, 1.82) is 0 Å². The molecule has 0 saturated heterocycles. The molecule has 0 bridgehead atoms. The number of rotatable bonds is 8. The summed E-state index contributed by atoms with van der Waals surface area (Å²) in [5, 5.41) is 10.8. The van der Waals surface area contributed by atoms with Gasteiger partial charge in [0.15, 0.2) is 0 Å². The van der Waals surface area contributed by atoms with Gasteiger partial charge in [0.05, 0.1) is 11.5 Å². The predicted molar refractivity (Wildman–Crippen MR) is 126 cm³/mol. The minimum Gasteiger partial charge on any atom is -0.506 e. The Bertz CT molecular complexity index is 1120. The van der Waals surface area contributed by atoms with Gasteiger partial charge in [0, 0.05) is 12.0 Å². The maximum absolute atomic E-state index is 13.7. The van der Waals surface area contributed by atoms with Gasteiger partial charge in [0.2, 0.25) is 5.91 Å². The molecule has 1 aliphatic heterocycles. The summed E-state index contributed by atoms with van der Waals surface area (Å²) in [5.41, 5.74) is 1.08. The number of hydrogen-bond donors (Lipinski definition) is 1. The molecule has 1 amide bonds. The van der Waals surface area contributed by atoms with Crippen LogP contribution in [0.5, 0.6) is 5.75 Å². The van der Waals surface area contributed by atoms with E-state index in [1.165, 1.54) is 6.07 Å². The highest BCUT2D eigenvalue weighted by molar-refractivity contribution is 8.18. The molecule has 0 unspecified atom stereocenters.